The van der Waals surface area contributed by atoms with Gasteiger partial charge in [-0.15, -0.1) is 0 Å². The van der Waals surface area contributed by atoms with Crippen molar-refractivity contribution in [3.8, 4) is 0 Å². The molecule has 4 fully saturated rings. The van der Waals surface area contributed by atoms with Gasteiger partial charge in [-0.25, -0.2) is 5.01 Å². The summed E-state index contributed by atoms with van der Waals surface area (Å²) in [5, 5.41) is 13.0. The largest absolute Gasteiger partial charge is 0.390 e. The van der Waals surface area contributed by atoms with Gasteiger partial charge >= 0.3 is 0 Å². The molecule has 0 aromatic carbocycles. The van der Waals surface area contributed by atoms with E-state index in [4.69, 9.17) is 0 Å². The first-order valence-electron chi connectivity index (χ1n) is 13.7. The molecule has 1 aromatic rings. The zero-order valence-corrected chi connectivity index (χ0v) is 21.6. The first-order valence-corrected chi connectivity index (χ1v) is 13.7. The lowest BCUT2D eigenvalue weighted by molar-refractivity contribution is -0.189. The molecule has 4 saturated carbocycles. The zero-order chi connectivity index (χ0) is 23.9. The highest BCUT2D eigenvalue weighted by molar-refractivity contribution is 5.84. The van der Waals surface area contributed by atoms with E-state index in [1.54, 1.807) is 0 Å². The van der Waals surface area contributed by atoms with Crippen LogP contribution in [0.25, 0.3) is 0 Å². The van der Waals surface area contributed by atoms with E-state index < -0.39 is 5.60 Å². The molecule has 5 heteroatoms. The number of Topliss-reactive ketones (excluding diaryl/α,β-unsaturated/α-hetero) is 1. The van der Waals surface area contributed by atoms with Gasteiger partial charge in [0.1, 0.15) is 0 Å². The van der Waals surface area contributed by atoms with Crippen LogP contribution in [0.15, 0.2) is 18.5 Å². The van der Waals surface area contributed by atoms with Crippen molar-refractivity contribution in [1.82, 2.24) is 9.99 Å². The normalized spacial score (nSPS) is 47.8. The number of nitrogens with one attached hydrogen (secondary N) is 1. The monoisotopic (exact) mass is 465 g/mol. The molecule has 0 spiro atoms. The van der Waals surface area contributed by atoms with Crippen LogP contribution in [0, 0.1) is 39.9 Å². The van der Waals surface area contributed by atoms with Gasteiger partial charge in [0.15, 0.2) is 5.78 Å². The average molecular weight is 466 g/mol. The Morgan fingerprint density at radius 2 is 1.91 bits per heavy atom. The number of anilines is 1. The number of hydrogen-bond acceptors (Lipinski definition) is 5. The highest BCUT2D eigenvalue weighted by Gasteiger charge is 2.64. The summed E-state index contributed by atoms with van der Waals surface area (Å²) in [5.41, 5.74) is 5.86. The van der Waals surface area contributed by atoms with Gasteiger partial charge in [-0.3, -0.25) is 9.78 Å². The Morgan fingerprint density at radius 1 is 1.09 bits per heavy atom. The summed E-state index contributed by atoms with van der Waals surface area (Å²) in [6.07, 6.45) is 14.0. The van der Waals surface area contributed by atoms with Crippen molar-refractivity contribution >= 4 is 11.5 Å². The molecule has 1 aliphatic heterocycles. The fourth-order valence-corrected chi connectivity index (χ4v) is 9.93. The van der Waals surface area contributed by atoms with Crippen LogP contribution in [0.4, 0.5) is 5.69 Å². The van der Waals surface area contributed by atoms with Crippen molar-refractivity contribution < 1.29 is 9.90 Å². The van der Waals surface area contributed by atoms with E-state index in [9.17, 15) is 9.90 Å². The minimum Gasteiger partial charge on any atom is -0.390 e. The minimum absolute atomic E-state index is 0.149. The number of ketones is 1. The maximum atomic E-state index is 13.7. The second-order valence-electron chi connectivity index (χ2n) is 13.7. The molecule has 0 amide bonds. The molecule has 1 aromatic heterocycles. The van der Waals surface area contributed by atoms with Gasteiger partial charge in [0.25, 0.3) is 0 Å². The number of hydrazine groups is 1. The zero-order valence-electron chi connectivity index (χ0n) is 21.6. The SMILES string of the molecule is C[C@@]1(O)CC[C@]2(C)[C@H]3CC[C@]4(C)[C@@H](C(=O)CN5Cc6ccncc6N5)CC[C@H]4[C@@H]3CC[C@]2(C)C1. The fraction of sp³-hybridized carbons (Fsp3) is 0.793. The number of aliphatic hydroxyl groups is 1. The summed E-state index contributed by atoms with van der Waals surface area (Å²) in [6, 6.07) is 2.04. The Hall–Kier alpha value is -1.46. The van der Waals surface area contributed by atoms with Crippen LogP contribution in [0.1, 0.15) is 91.0 Å². The van der Waals surface area contributed by atoms with Crippen molar-refractivity contribution in [2.45, 2.75) is 97.6 Å². The van der Waals surface area contributed by atoms with Crippen LogP contribution >= 0.6 is 0 Å². The van der Waals surface area contributed by atoms with E-state index >= 15 is 0 Å². The van der Waals surface area contributed by atoms with Gasteiger partial charge in [-0.2, -0.15) is 0 Å². The van der Waals surface area contributed by atoms with Crippen molar-refractivity contribution in [2.24, 2.45) is 39.9 Å². The lowest BCUT2D eigenvalue weighted by Gasteiger charge is -2.66. The molecule has 0 radical (unpaired) electrons. The third kappa shape index (κ3) is 3.25. The summed E-state index contributed by atoms with van der Waals surface area (Å²) in [5.74, 6) is 2.79. The summed E-state index contributed by atoms with van der Waals surface area (Å²) in [7, 11) is 0. The molecular weight excluding hydrogens is 422 g/mol. The second-order valence-corrected chi connectivity index (χ2v) is 13.7. The van der Waals surface area contributed by atoms with Gasteiger partial charge in [0.2, 0.25) is 0 Å². The van der Waals surface area contributed by atoms with E-state index in [-0.39, 0.29) is 16.7 Å². The van der Waals surface area contributed by atoms with E-state index in [1.165, 1.54) is 37.7 Å². The van der Waals surface area contributed by atoms with Gasteiger partial charge in [-0.1, -0.05) is 20.8 Å². The van der Waals surface area contributed by atoms with Crippen molar-refractivity contribution in [3.05, 3.63) is 24.0 Å². The molecule has 2 heterocycles. The number of fused-ring (bicyclic) bond motifs is 6. The van der Waals surface area contributed by atoms with E-state index in [0.717, 1.165) is 49.8 Å². The fourth-order valence-electron chi connectivity index (χ4n) is 9.93. The predicted molar refractivity (Wildman–Crippen MR) is 134 cm³/mol. The predicted octanol–water partition coefficient (Wildman–Crippen LogP) is 5.59. The van der Waals surface area contributed by atoms with Crippen LogP contribution in [0.5, 0.6) is 0 Å². The van der Waals surface area contributed by atoms with Crippen molar-refractivity contribution in [2.75, 3.05) is 12.0 Å². The third-order valence-corrected chi connectivity index (χ3v) is 11.9. The molecule has 6 rings (SSSR count). The first kappa shape index (κ1) is 23.0. The smallest absolute Gasteiger partial charge is 0.152 e. The van der Waals surface area contributed by atoms with Crippen LogP contribution in [-0.2, 0) is 11.3 Å². The first-order chi connectivity index (χ1) is 16.0. The Kier molecular flexibility index (Phi) is 5.08. The number of carbonyl (C=O) groups excluding carboxylic acids is 1. The average Bonchev–Trinajstić information content (AvgIpc) is 3.34. The van der Waals surface area contributed by atoms with Crippen LogP contribution in [0.2, 0.25) is 0 Å². The summed E-state index contributed by atoms with van der Waals surface area (Å²) < 4.78 is 0. The van der Waals surface area contributed by atoms with Crippen LogP contribution in [0.3, 0.4) is 0 Å². The van der Waals surface area contributed by atoms with Gasteiger partial charge in [0, 0.05) is 18.7 Å². The number of carbonyl (C=O) groups is 1. The molecule has 186 valence electrons. The van der Waals surface area contributed by atoms with Crippen molar-refractivity contribution in [3.63, 3.8) is 0 Å². The Bertz CT molecular complexity index is 968. The standard InChI is InChI=1S/C29H43N3O2/c1-26-10-7-20-21-5-6-23(25(33)17-32-16-19-9-14-30-15-24(19)31-32)28(21,3)11-8-22(20)29(26,4)13-12-27(2,34)18-26/h9,14-15,20-23,31,34H,5-8,10-13,16-18H2,1-4H3/t20-,21-,22-,23+,26+,27+,28-,29+/m0/s1. The molecular formula is C29H43N3O2. The molecule has 5 nitrogen and oxygen atoms in total. The summed E-state index contributed by atoms with van der Waals surface area (Å²) in [6.45, 7) is 10.8. The number of nitrogens with zero attached hydrogens (tertiary/aromatic N) is 2. The number of hydrogen-bond donors (Lipinski definition) is 2. The van der Waals surface area contributed by atoms with Gasteiger partial charge in [-0.05, 0) is 110 Å². The van der Waals surface area contributed by atoms with Gasteiger partial charge < -0.3 is 10.5 Å². The quantitative estimate of drug-likeness (QED) is 0.609. The minimum atomic E-state index is -0.505. The number of rotatable bonds is 3. The molecule has 8 atom stereocenters. The molecule has 34 heavy (non-hydrogen) atoms. The molecule has 5 aliphatic rings. The Labute approximate surface area is 205 Å². The lowest BCUT2D eigenvalue weighted by Crippen LogP contribution is -2.60. The second kappa shape index (κ2) is 7.52. The topological polar surface area (TPSA) is 65.5 Å². The van der Waals surface area contributed by atoms with Crippen molar-refractivity contribution in [1.29, 1.82) is 0 Å². The Morgan fingerprint density at radius 3 is 2.71 bits per heavy atom. The maximum absolute atomic E-state index is 13.7. The highest BCUT2D eigenvalue weighted by Crippen LogP contribution is 2.71. The number of pyridine rings is 1. The third-order valence-electron chi connectivity index (χ3n) is 11.9. The lowest BCUT2D eigenvalue weighted by atomic mass is 9.39. The Balaban J connectivity index is 1.18. The maximum Gasteiger partial charge on any atom is 0.152 e. The molecule has 2 N–H and O–H groups in total. The van der Waals surface area contributed by atoms with E-state index in [2.05, 4.69) is 43.1 Å². The molecule has 0 saturated heterocycles. The van der Waals surface area contributed by atoms with Gasteiger partial charge in [0.05, 0.1) is 24.0 Å². The molecule has 4 aliphatic carbocycles. The molecule has 0 unspecified atom stereocenters. The van der Waals surface area contributed by atoms with Crippen LogP contribution in [-0.4, -0.2) is 33.0 Å². The summed E-state index contributed by atoms with van der Waals surface area (Å²) in [4.78, 5) is 17.9. The highest BCUT2D eigenvalue weighted by atomic mass is 16.3. The number of aromatic nitrogens is 1. The van der Waals surface area contributed by atoms with E-state index in [1.807, 2.05) is 18.5 Å². The van der Waals surface area contributed by atoms with E-state index in [0.29, 0.717) is 23.7 Å². The summed E-state index contributed by atoms with van der Waals surface area (Å²) >= 11 is 0. The molecule has 0 bridgehead atoms. The van der Waals surface area contributed by atoms with Crippen LogP contribution < -0.4 is 5.43 Å².